The van der Waals surface area contributed by atoms with Crippen molar-refractivity contribution in [1.29, 1.82) is 0 Å². The predicted molar refractivity (Wildman–Crippen MR) is 57.9 cm³/mol. The smallest absolute Gasteiger partial charge is 0.321 e. The number of piperazine rings is 1. The van der Waals surface area contributed by atoms with Crippen LogP contribution in [-0.4, -0.2) is 47.1 Å². The van der Waals surface area contributed by atoms with E-state index in [1.54, 1.807) is 0 Å². The molecule has 16 heavy (non-hydrogen) atoms. The zero-order valence-electron chi connectivity index (χ0n) is 9.48. The maximum atomic E-state index is 11.7. The van der Waals surface area contributed by atoms with Crippen molar-refractivity contribution in [3.05, 3.63) is 0 Å². The Morgan fingerprint density at radius 3 is 2.81 bits per heavy atom. The van der Waals surface area contributed by atoms with Gasteiger partial charge >= 0.3 is 5.97 Å². The van der Waals surface area contributed by atoms with Crippen molar-refractivity contribution in [1.82, 2.24) is 10.2 Å². The average molecular weight is 226 g/mol. The third kappa shape index (κ3) is 2.04. The van der Waals surface area contributed by atoms with Crippen LogP contribution in [0.15, 0.2) is 0 Å². The molecule has 1 amide bonds. The lowest BCUT2D eigenvalue weighted by Crippen LogP contribution is -2.60. The zero-order valence-corrected chi connectivity index (χ0v) is 9.48. The number of hydrogen-bond acceptors (Lipinski definition) is 3. The van der Waals surface area contributed by atoms with Crippen molar-refractivity contribution in [2.24, 2.45) is 5.92 Å². The van der Waals surface area contributed by atoms with Crippen LogP contribution in [0.2, 0.25) is 0 Å². The Morgan fingerprint density at radius 1 is 1.62 bits per heavy atom. The number of carbonyl (C=O) groups excluding carboxylic acids is 1. The van der Waals surface area contributed by atoms with Gasteiger partial charge in [-0.2, -0.15) is 0 Å². The lowest BCUT2D eigenvalue weighted by Gasteiger charge is -2.38. The number of rotatable bonds is 4. The van der Waals surface area contributed by atoms with Crippen molar-refractivity contribution in [3.63, 3.8) is 0 Å². The molecule has 2 atom stereocenters. The van der Waals surface area contributed by atoms with Gasteiger partial charge in [0.15, 0.2) is 0 Å². The van der Waals surface area contributed by atoms with Gasteiger partial charge < -0.3 is 10.4 Å². The Balaban J connectivity index is 2.14. The first-order chi connectivity index (χ1) is 7.65. The third-order valence-electron chi connectivity index (χ3n) is 3.44. The summed E-state index contributed by atoms with van der Waals surface area (Å²) in [5.41, 5.74) is 0. The van der Waals surface area contributed by atoms with E-state index < -0.39 is 12.0 Å². The van der Waals surface area contributed by atoms with E-state index in [1.807, 2.05) is 11.8 Å². The fraction of sp³-hybridized carbons (Fsp3) is 0.818. The van der Waals surface area contributed by atoms with Crippen LogP contribution in [0.1, 0.15) is 26.2 Å². The predicted octanol–water partition coefficient (Wildman–Crippen LogP) is 0.0600. The summed E-state index contributed by atoms with van der Waals surface area (Å²) in [6.07, 6.45) is 2.62. The van der Waals surface area contributed by atoms with E-state index in [0.717, 1.165) is 12.8 Å². The van der Waals surface area contributed by atoms with E-state index in [1.165, 1.54) is 0 Å². The average Bonchev–Trinajstić information content (AvgIpc) is 3.02. The number of hydrogen-bond donors (Lipinski definition) is 2. The Hall–Kier alpha value is -1.10. The van der Waals surface area contributed by atoms with Crippen LogP contribution in [0.3, 0.4) is 0 Å². The molecule has 5 nitrogen and oxygen atoms in total. The number of aliphatic carboxylic acids is 1. The highest BCUT2D eigenvalue weighted by molar-refractivity contribution is 5.84. The number of carboxylic acid groups (broad SMARTS) is 1. The molecule has 0 radical (unpaired) electrons. The largest absolute Gasteiger partial charge is 0.480 e. The molecule has 1 aliphatic heterocycles. The van der Waals surface area contributed by atoms with Gasteiger partial charge in [-0.1, -0.05) is 6.92 Å². The highest BCUT2D eigenvalue weighted by Crippen LogP contribution is 2.36. The molecule has 90 valence electrons. The minimum atomic E-state index is -0.782. The van der Waals surface area contributed by atoms with E-state index in [4.69, 9.17) is 0 Å². The van der Waals surface area contributed by atoms with E-state index in [0.29, 0.717) is 19.5 Å². The molecule has 2 fully saturated rings. The molecular weight excluding hydrogens is 208 g/mol. The normalized spacial score (nSPS) is 28.6. The van der Waals surface area contributed by atoms with Crippen molar-refractivity contribution in [3.8, 4) is 0 Å². The summed E-state index contributed by atoms with van der Waals surface area (Å²) in [6.45, 7) is 3.14. The molecule has 0 aromatic rings. The Kier molecular flexibility index (Phi) is 3.14. The maximum absolute atomic E-state index is 11.7. The van der Waals surface area contributed by atoms with Crippen molar-refractivity contribution in [2.75, 3.05) is 13.1 Å². The van der Waals surface area contributed by atoms with E-state index in [-0.39, 0.29) is 17.9 Å². The lowest BCUT2D eigenvalue weighted by molar-refractivity contribution is -0.148. The monoisotopic (exact) mass is 226 g/mol. The second-order valence-electron chi connectivity index (χ2n) is 4.57. The quantitative estimate of drug-likeness (QED) is 0.711. The van der Waals surface area contributed by atoms with Gasteiger partial charge in [-0.25, -0.2) is 0 Å². The number of amides is 1. The number of carbonyl (C=O) groups is 2. The first-order valence-electron chi connectivity index (χ1n) is 5.91. The molecule has 1 saturated carbocycles. The molecule has 2 unspecified atom stereocenters. The van der Waals surface area contributed by atoms with Gasteiger partial charge in [-0.3, -0.25) is 14.5 Å². The summed E-state index contributed by atoms with van der Waals surface area (Å²) in [5.74, 6) is -0.561. The highest BCUT2D eigenvalue weighted by Gasteiger charge is 2.44. The van der Waals surface area contributed by atoms with Crippen molar-refractivity contribution < 1.29 is 14.7 Å². The SMILES string of the molecule is CCC1C(=O)NCCN1C(C(=O)O)C1CC1. The molecule has 2 N–H and O–H groups in total. The molecule has 1 saturated heterocycles. The Morgan fingerprint density at radius 2 is 2.31 bits per heavy atom. The van der Waals surface area contributed by atoms with Crippen LogP contribution in [-0.2, 0) is 9.59 Å². The summed E-state index contributed by atoms with van der Waals surface area (Å²) in [4.78, 5) is 24.8. The van der Waals surface area contributed by atoms with Crippen LogP contribution in [0.25, 0.3) is 0 Å². The second-order valence-corrected chi connectivity index (χ2v) is 4.57. The van der Waals surface area contributed by atoms with Gasteiger partial charge in [0.1, 0.15) is 6.04 Å². The molecular formula is C11H18N2O3. The maximum Gasteiger partial charge on any atom is 0.321 e. The third-order valence-corrected chi connectivity index (χ3v) is 3.44. The second kappa shape index (κ2) is 4.41. The summed E-state index contributed by atoms with van der Waals surface area (Å²) in [5, 5.41) is 12.1. The molecule has 0 aromatic heterocycles. The molecule has 2 aliphatic rings. The zero-order chi connectivity index (χ0) is 11.7. The topological polar surface area (TPSA) is 69.6 Å². The molecule has 0 bridgehead atoms. The number of carboxylic acids is 1. The van der Waals surface area contributed by atoms with Crippen molar-refractivity contribution >= 4 is 11.9 Å². The summed E-state index contributed by atoms with van der Waals surface area (Å²) < 4.78 is 0. The van der Waals surface area contributed by atoms with Gasteiger partial charge in [0, 0.05) is 13.1 Å². The molecule has 0 aromatic carbocycles. The molecule has 1 heterocycles. The van der Waals surface area contributed by atoms with E-state index >= 15 is 0 Å². The summed E-state index contributed by atoms with van der Waals surface area (Å²) in [7, 11) is 0. The van der Waals surface area contributed by atoms with Gasteiger partial charge in [0.05, 0.1) is 6.04 Å². The molecule has 5 heteroatoms. The van der Waals surface area contributed by atoms with Crippen LogP contribution in [0, 0.1) is 5.92 Å². The fourth-order valence-electron chi connectivity index (χ4n) is 2.51. The van der Waals surface area contributed by atoms with Gasteiger partial charge in [-0.05, 0) is 25.2 Å². The minimum absolute atomic E-state index is 0.0272. The minimum Gasteiger partial charge on any atom is -0.480 e. The van der Waals surface area contributed by atoms with Gasteiger partial charge in [0.25, 0.3) is 0 Å². The van der Waals surface area contributed by atoms with Crippen LogP contribution in [0.5, 0.6) is 0 Å². The Bertz CT molecular complexity index is 302. The van der Waals surface area contributed by atoms with E-state index in [2.05, 4.69) is 5.32 Å². The number of nitrogens with zero attached hydrogens (tertiary/aromatic N) is 1. The molecule has 2 rings (SSSR count). The number of nitrogens with one attached hydrogen (secondary N) is 1. The molecule has 1 aliphatic carbocycles. The first-order valence-corrected chi connectivity index (χ1v) is 5.91. The molecule has 0 spiro atoms. The standard InChI is InChI=1S/C11H18N2O3/c1-2-8-10(14)12-5-6-13(8)9(11(15)16)7-3-4-7/h7-9H,2-6H2,1H3,(H,12,14)(H,15,16). The highest BCUT2D eigenvalue weighted by atomic mass is 16.4. The fourth-order valence-corrected chi connectivity index (χ4v) is 2.51. The lowest BCUT2D eigenvalue weighted by atomic mass is 10.0. The van der Waals surface area contributed by atoms with Crippen molar-refractivity contribution in [2.45, 2.75) is 38.3 Å². The van der Waals surface area contributed by atoms with Gasteiger partial charge in [0.2, 0.25) is 5.91 Å². The van der Waals surface area contributed by atoms with Crippen LogP contribution >= 0.6 is 0 Å². The first kappa shape index (κ1) is 11.4. The Labute approximate surface area is 94.8 Å². The summed E-state index contributed by atoms with van der Waals surface area (Å²) in [6, 6.07) is -0.730. The van der Waals surface area contributed by atoms with E-state index in [9.17, 15) is 14.7 Å². The van der Waals surface area contributed by atoms with Crippen LogP contribution in [0.4, 0.5) is 0 Å². The van der Waals surface area contributed by atoms with Crippen LogP contribution < -0.4 is 5.32 Å². The summed E-state index contributed by atoms with van der Waals surface area (Å²) >= 11 is 0. The van der Waals surface area contributed by atoms with Gasteiger partial charge in [-0.15, -0.1) is 0 Å².